The van der Waals surface area contributed by atoms with Crippen LogP contribution in [0.2, 0.25) is 30.2 Å². The van der Waals surface area contributed by atoms with Crippen molar-refractivity contribution in [2.45, 2.75) is 265 Å². The lowest BCUT2D eigenvalue weighted by Crippen LogP contribution is -2.43. The highest BCUT2D eigenvalue weighted by molar-refractivity contribution is 6.62. The summed E-state index contributed by atoms with van der Waals surface area (Å²) in [6.07, 6.45) is 14.2. The van der Waals surface area contributed by atoms with Gasteiger partial charge >= 0.3 is 44.0 Å². The van der Waals surface area contributed by atoms with E-state index in [9.17, 15) is 0 Å². The van der Waals surface area contributed by atoms with Crippen molar-refractivity contribution in [3.05, 3.63) is 0 Å². The molecule has 0 N–H and O–H groups in total. The van der Waals surface area contributed by atoms with Crippen molar-refractivity contribution in [1.82, 2.24) is 0 Å². The molecule has 0 rings (SSSR count). The minimum Gasteiger partial charge on any atom is -0.377 e. The summed E-state index contributed by atoms with van der Waals surface area (Å²) >= 11 is 0. The van der Waals surface area contributed by atoms with Gasteiger partial charge in [-0.05, 0) is 67.1 Å². The predicted octanol–water partition coefficient (Wildman–Crippen LogP) is 19.4. The number of unbranched alkanes of at least 4 members (excludes halogenated alkanes) is 3. The zero-order valence-corrected chi connectivity index (χ0v) is 55.4. The van der Waals surface area contributed by atoms with E-state index < -0.39 is 44.0 Å². The van der Waals surface area contributed by atoms with Crippen molar-refractivity contribution in [1.29, 1.82) is 0 Å². The molecule has 15 nitrogen and oxygen atoms in total. The molecule has 504 valence electrons. The Bertz CT molecular complexity index is 1040. The first kappa shape index (κ1) is 118. The quantitative estimate of drug-likeness (QED) is 0.0439. The molecule has 0 aromatic rings. The molecule has 0 spiro atoms. The molecule has 0 atom stereocenters. The molecule has 0 saturated heterocycles. The summed E-state index contributed by atoms with van der Waals surface area (Å²) in [6.45, 7) is 26.8. The average Bonchev–Trinajstić information content (AvgIpc) is 3.32. The molecule has 0 aliphatic rings. The van der Waals surface area contributed by atoms with Crippen molar-refractivity contribution in [2.75, 3.05) is 107 Å². The number of rotatable bonds is 35. The van der Waals surface area contributed by atoms with E-state index in [1.807, 2.05) is 0 Å². The molecule has 0 amide bonds. The van der Waals surface area contributed by atoms with Crippen molar-refractivity contribution >= 4 is 44.0 Å². The maximum atomic E-state index is 5.36. The van der Waals surface area contributed by atoms with Crippen LogP contribution in [-0.2, 0) is 66.4 Å². The van der Waals surface area contributed by atoms with Crippen LogP contribution in [0.1, 0.15) is 234 Å². The highest BCUT2D eigenvalue weighted by Crippen LogP contribution is 2.28. The van der Waals surface area contributed by atoms with E-state index in [1.54, 1.807) is 107 Å². The molecule has 0 bridgehead atoms. The van der Waals surface area contributed by atoms with E-state index in [4.69, 9.17) is 66.4 Å². The largest absolute Gasteiger partial charge is 0.500 e. The molecule has 0 unspecified atom stereocenters. The molecule has 0 heterocycles. The summed E-state index contributed by atoms with van der Waals surface area (Å²) in [5.74, 6) is 2.32. The van der Waals surface area contributed by atoms with Gasteiger partial charge in [0.05, 0.1) is 0 Å². The van der Waals surface area contributed by atoms with Gasteiger partial charge in [0.15, 0.2) is 0 Å². The van der Waals surface area contributed by atoms with Crippen LogP contribution in [0.4, 0.5) is 0 Å². The Morgan fingerprint density at radius 2 is 0.405 bits per heavy atom. The highest BCUT2D eigenvalue weighted by atomic mass is 28.4. The van der Waals surface area contributed by atoms with Gasteiger partial charge in [0.2, 0.25) is 0 Å². The maximum absolute atomic E-state index is 5.36. The fourth-order valence-electron chi connectivity index (χ4n) is 6.84. The SMILES string of the molecule is C.C.C.C.C.C.C.C.C.C.CO[Si](CCC(C)(C)C)(OC)OC.CO[Si](CCCC(C)(C)C)(OC)OC.CO[Si](CCCC(C)C)(OC)OC.CO[Si](CCCCC(C)C)(OC)OC.CO[Si](CCCCCC(C)C)(OC)OC. The second-order valence-corrected chi connectivity index (χ2v) is 36.3. The van der Waals surface area contributed by atoms with E-state index in [-0.39, 0.29) is 74.3 Å². The number of hydrogen-bond donors (Lipinski definition) is 0. The Kier molecular flexibility index (Phi) is 101. The van der Waals surface area contributed by atoms with Gasteiger partial charge in [-0.15, -0.1) is 0 Å². The number of hydrogen-bond acceptors (Lipinski definition) is 15. The van der Waals surface area contributed by atoms with Gasteiger partial charge in [-0.3, -0.25) is 0 Å². The molecule has 0 aromatic heterocycles. The topological polar surface area (TPSA) is 138 Å². The van der Waals surface area contributed by atoms with Crippen LogP contribution in [0.15, 0.2) is 0 Å². The highest BCUT2D eigenvalue weighted by Gasteiger charge is 2.40. The predicted molar refractivity (Wildman–Crippen MR) is 364 cm³/mol. The van der Waals surface area contributed by atoms with Crippen molar-refractivity contribution in [3.8, 4) is 0 Å². The second kappa shape index (κ2) is 67.6. The molecule has 0 aromatic carbocycles. The van der Waals surface area contributed by atoms with Crippen LogP contribution in [-0.4, -0.2) is 151 Å². The Morgan fingerprint density at radius 3 is 0.620 bits per heavy atom. The van der Waals surface area contributed by atoms with E-state index in [2.05, 4.69) is 83.1 Å². The van der Waals surface area contributed by atoms with Gasteiger partial charge < -0.3 is 66.4 Å². The van der Waals surface area contributed by atoms with Gasteiger partial charge in [0.25, 0.3) is 0 Å². The monoisotopic (exact) mass is 1250 g/mol. The minimum atomic E-state index is -2.33. The van der Waals surface area contributed by atoms with Crippen LogP contribution in [0.3, 0.4) is 0 Å². The Hall–Kier alpha value is 0.484. The molecular weight excluding hydrogens is 1090 g/mol. The Balaban J connectivity index is -0.0000000484. The third-order valence-corrected chi connectivity index (χ3v) is 25.9. The van der Waals surface area contributed by atoms with E-state index in [1.165, 1.54) is 38.5 Å². The standard InChI is InChI=1S/C11H26O3Si.2C10H24O3Si.2C9H22O3Si.10CH4/c1-11(2)9-7-6-8-10-15(12-3,13-4)14-5;1-10(2,3)8-7-9-14(11-4,12-5)13-6;1-10(2)8-6-7-9-14(11-3,12-4)13-5;1-9(2,3)7-8-13(10-4,11-5)12-6;1-9(2)7-6-8-13(10-3,11-4)12-5;;;;;;;;;;/h11H,6-10H2,1-5H3;7-9H2,1-6H3;10H,6-9H2,1-5H3;7-8H2,1-6H3;9H,6-8H2,1-5H3;10*1H4. The summed E-state index contributed by atoms with van der Waals surface area (Å²) in [5, 5.41) is 0. The first-order valence-electron chi connectivity index (χ1n) is 25.3. The van der Waals surface area contributed by atoms with Crippen LogP contribution in [0, 0.1) is 28.6 Å². The van der Waals surface area contributed by atoms with Crippen LogP contribution >= 0.6 is 0 Å². The molecule has 0 fully saturated rings. The van der Waals surface area contributed by atoms with Gasteiger partial charge in [-0.2, -0.15) is 0 Å². The Labute approximate surface area is 507 Å². The first-order chi connectivity index (χ1) is 32.1. The Morgan fingerprint density at radius 1 is 0.228 bits per heavy atom. The third-order valence-electron chi connectivity index (χ3n) is 11.8. The lowest BCUT2D eigenvalue weighted by molar-refractivity contribution is 0.119. The van der Waals surface area contributed by atoms with Gasteiger partial charge in [-0.1, -0.05) is 196 Å². The smallest absolute Gasteiger partial charge is 0.377 e. The fraction of sp³-hybridized carbons (Fsp3) is 1.00. The normalized spacial score (nSPS) is 11.2. The molecule has 20 heteroatoms. The van der Waals surface area contributed by atoms with Crippen molar-refractivity contribution in [2.24, 2.45) is 28.6 Å². The molecule has 0 aliphatic carbocycles. The summed E-state index contributed by atoms with van der Waals surface area (Å²) < 4.78 is 80.0. The van der Waals surface area contributed by atoms with Gasteiger partial charge in [-0.25, -0.2) is 0 Å². The zero-order valence-electron chi connectivity index (χ0n) is 50.4. The molecule has 0 radical (unpaired) electrons. The van der Waals surface area contributed by atoms with Crippen molar-refractivity contribution in [3.63, 3.8) is 0 Å². The van der Waals surface area contributed by atoms with Crippen molar-refractivity contribution < 1.29 is 66.4 Å². The summed E-state index contributed by atoms with van der Waals surface area (Å²) in [4.78, 5) is 0. The molecular formula is C59H158O15Si5. The van der Waals surface area contributed by atoms with Crippen LogP contribution in [0.5, 0.6) is 0 Å². The first-order valence-corrected chi connectivity index (χ1v) is 35.0. The lowest BCUT2D eigenvalue weighted by atomic mass is 9.91. The third kappa shape index (κ3) is 64.3. The summed E-state index contributed by atoms with van der Waals surface area (Å²) in [6, 6.07) is 4.53. The second-order valence-electron chi connectivity index (χ2n) is 20.9. The zero-order chi connectivity index (χ0) is 54.9. The molecule has 79 heavy (non-hydrogen) atoms. The maximum Gasteiger partial charge on any atom is 0.500 e. The molecule has 0 aliphatic heterocycles. The molecule has 0 saturated carbocycles. The van der Waals surface area contributed by atoms with E-state index in [0.29, 0.717) is 10.8 Å². The van der Waals surface area contributed by atoms with Crippen LogP contribution < -0.4 is 0 Å². The fourth-order valence-corrected chi connectivity index (χ4v) is 16.1. The lowest BCUT2D eigenvalue weighted by Gasteiger charge is -2.27. The summed E-state index contributed by atoms with van der Waals surface area (Å²) in [7, 11) is 13.5. The van der Waals surface area contributed by atoms with Crippen LogP contribution in [0.25, 0.3) is 0 Å². The van der Waals surface area contributed by atoms with E-state index in [0.717, 1.165) is 86.5 Å². The average molecular weight is 1250 g/mol. The summed E-state index contributed by atoms with van der Waals surface area (Å²) in [5.41, 5.74) is 0.670. The van der Waals surface area contributed by atoms with Gasteiger partial charge in [0.1, 0.15) is 0 Å². The van der Waals surface area contributed by atoms with E-state index >= 15 is 0 Å². The minimum absolute atomic E-state index is 0. The van der Waals surface area contributed by atoms with Gasteiger partial charge in [0, 0.05) is 137 Å².